The highest BCUT2D eigenvalue weighted by molar-refractivity contribution is 7.87. The van der Waals surface area contributed by atoms with Gasteiger partial charge in [-0.25, -0.2) is 0 Å². The first-order valence-corrected chi connectivity index (χ1v) is 6.22. The van der Waals surface area contributed by atoms with E-state index < -0.39 is 21.7 Å². The van der Waals surface area contributed by atoms with Crippen LogP contribution in [0.4, 0.5) is 13.2 Å². The molecule has 0 aliphatic rings. The minimum atomic E-state index is -5.78. The first-order chi connectivity index (χ1) is 8.79. The number of halogens is 3. The van der Waals surface area contributed by atoms with Crippen LogP contribution in [0.1, 0.15) is 0 Å². The van der Waals surface area contributed by atoms with Crippen LogP contribution in [0.3, 0.4) is 0 Å². The monoisotopic (exact) mass is 293 g/mol. The second-order valence-electron chi connectivity index (χ2n) is 3.35. The molecule has 1 aromatic carbocycles. The molecule has 0 aliphatic carbocycles. The molecule has 0 bridgehead atoms. The summed E-state index contributed by atoms with van der Waals surface area (Å²) in [6, 6.07) is 8.34. The molecule has 0 saturated carbocycles. The van der Waals surface area contributed by atoms with E-state index in [9.17, 15) is 21.6 Å². The fourth-order valence-electron chi connectivity index (χ4n) is 1.18. The Labute approximate surface area is 105 Å². The van der Waals surface area contributed by atoms with Gasteiger partial charge in [0.2, 0.25) is 0 Å². The molecule has 5 nitrogen and oxygen atoms in total. The summed E-state index contributed by atoms with van der Waals surface area (Å²) >= 11 is 0. The highest BCUT2D eigenvalue weighted by Crippen LogP contribution is 2.28. The number of aromatic nitrogens is 1. The van der Waals surface area contributed by atoms with Gasteiger partial charge < -0.3 is 8.60 Å². The lowest BCUT2D eigenvalue weighted by Gasteiger charge is -2.05. The Bertz CT molecular complexity index is 664. The van der Waals surface area contributed by atoms with Gasteiger partial charge >= 0.3 is 21.7 Å². The van der Waals surface area contributed by atoms with E-state index in [4.69, 9.17) is 0 Å². The summed E-state index contributed by atoms with van der Waals surface area (Å²) in [7, 11) is -5.78. The van der Waals surface area contributed by atoms with Crippen molar-refractivity contribution in [2.24, 2.45) is 0 Å². The predicted molar refractivity (Wildman–Crippen MR) is 57.5 cm³/mol. The third kappa shape index (κ3) is 2.87. The molecule has 19 heavy (non-hydrogen) atoms. The fourth-order valence-corrected chi connectivity index (χ4v) is 1.54. The van der Waals surface area contributed by atoms with Crippen molar-refractivity contribution in [3.8, 4) is 17.3 Å². The smallest absolute Gasteiger partial charge is 0.416 e. The molecule has 2 aromatic rings. The van der Waals surface area contributed by atoms with E-state index in [-0.39, 0.29) is 5.69 Å². The third-order valence-corrected chi connectivity index (χ3v) is 2.95. The number of alkyl halides is 3. The zero-order chi connectivity index (χ0) is 14.1. The van der Waals surface area contributed by atoms with Crippen LogP contribution in [0.15, 0.2) is 41.0 Å². The van der Waals surface area contributed by atoms with Gasteiger partial charge in [0.1, 0.15) is 12.0 Å². The minimum absolute atomic E-state index is 0.160. The fraction of sp³-hybridized carbons (Fsp3) is 0.100. The van der Waals surface area contributed by atoms with Crippen molar-refractivity contribution >= 4 is 10.1 Å². The Morgan fingerprint density at radius 1 is 1.16 bits per heavy atom. The second-order valence-corrected chi connectivity index (χ2v) is 4.89. The van der Waals surface area contributed by atoms with E-state index in [2.05, 4.69) is 13.6 Å². The lowest BCUT2D eigenvalue weighted by molar-refractivity contribution is -0.0508. The van der Waals surface area contributed by atoms with Crippen LogP contribution >= 0.6 is 0 Å². The van der Waals surface area contributed by atoms with Gasteiger partial charge in [0.15, 0.2) is 0 Å². The standard InChI is InChI=1S/C10H6F3NO4S/c11-10(12,13)19(15,16)18-9-14-8(6-17-9)7-4-2-1-3-5-7/h1-6H. The van der Waals surface area contributed by atoms with Crippen molar-refractivity contribution in [3.05, 3.63) is 36.6 Å². The number of hydrogen-bond donors (Lipinski definition) is 0. The maximum absolute atomic E-state index is 12.1. The van der Waals surface area contributed by atoms with Crippen LogP contribution in [0.5, 0.6) is 6.08 Å². The number of hydrogen-bond acceptors (Lipinski definition) is 5. The van der Waals surface area contributed by atoms with Crippen molar-refractivity contribution in [1.82, 2.24) is 4.98 Å². The number of nitrogens with zero attached hydrogens (tertiary/aromatic N) is 1. The minimum Gasteiger partial charge on any atom is -0.416 e. The van der Waals surface area contributed by atoms with Gasteiger partial charge in [-0.1, -0.05) is 30.3 Å². The van der Waals surface area contributed by atoms with Crippen LogP contribution in [0.2, 0.25) is 0 Å². The van der Waals surface area contributed by atoms with E-state index in [1.54, 1.807) is 30.3 Å². The molecule has 0 unspecified atom stereocenters. The van der Waals surface area contributed by atoms with Gasteiger partial charge in [-0.3, -0.25) is 0 Å². The van der Waals surface area contributed by atoms with Crippen LogP contribution in [0, 0.1) is 0 Å². The Hall–Kier alpha value is -2.03. The quantitative estimate of drug-likeness (QED) is 0.642. The lowest BCUT2D eigenvalue weighted by Crippen LogP contribution is -2.28. The van der Waals surface area contributed by atoms with Crippen molar-refractivity contribution < 1.29 is 30.2 Å². The second kappa shape index (κ2) is 4.57. The highest BCUT2D eigenvalue weighted by atomic mass is 32.2. The molecule has 0 fully saturated rings. The summed E-state index contributed by atoms with van der Waals surface area (Å²) in [5.41, 5.74) is -4.83. The van der Waals surface area contributed by atoms with E-state index in [0.717, 1.165) is 6.26 Å². The van der Waals surface area contributed by atoms with Crippen molar-refractivity contribution in [2.75, 3.05) is 0 Å². The number of benzene rings is 1. The van der Waals surface area contributed by atoms with Gasteiger partial charge in [-0.2, -0.15) is 26.6 Å². The first-order valence-electron chi connectivity index (χ1n) is 4.81. The zero-order valence-electron chi connectivity index (χ0n) is 9.09. The van der Waals surface area contributed by atoms with E-state index in [0.29, 0.717) is 5.56 Å². The van der Waals surface area contributed by atoms with Crippen LogP contribution in [0.25, 0.3) is 11.3 Å². The van der Waals surface area contributed by atoms with Crippen molar-refractivity contribution in [3.63, 3.8) is 0 Å². The molecule has 0 amide bonds. The first kappa shape index (κ1) is 13.4. The van der Waals surface area contributed by atoms with Gasteiger partial charge in [0, 0.05) is 5.56 Å². The molecule has 0 aliphatic heterocycles. The maximum atomic E-state index is 12.1. The van der Waals surface area contributed by atoms with Crippen LogP contribution in [-0.2, 0) is 10.1 Å². The third-order valence-electron chi connectivity index (χ3n) is 2.02. The summed E-state index contributed by atoms with van der Waals surface area (Å²) in [4.78, 5) is 3.51. The molecule has 0 radical (unpaired) electrons. The Morgan fingerprint density at radius 3 is 2.37 bits per heavy atom. The molecule has 1 aromatic heterocycles. The van der Waals surface area contributed by atoms with Crippen LogP contribution < -0.4 is 4.18 Å². The predicted octanol–water partition coefficient (Wildman–Crippen LogP) is 2.57. The van der Waals surface area contributed by atoms with Crippen molar-refractivity contribution in [2.45, 2.75) is 5.51 Å². The molecule has 0 saturated heterocycles. The maximum Gasteiger partial charge on any atom is 0.534 e. The lowest BCUT2D eigenvalue weighted by atomic mass is 10.2. The van der Waals surface area contributed by atoms with Gasteiger partial charge in [-0.15, -0.1) is 0 Å². The van der Waals surface area contributed by atoms with Crippen molar-refractivity contribution in [1.29, 1.82) is 0 Å². The van der Waals surface area contributed by atoms with Gasteiger partial charge in [0.25, 0.3) is 0 Å². The summed E-state index contributed by atoms with van der Waals surface area (Å²) < 4.78 is 65.9. The van der Waals surface area contributed by atoms with Gasteiger partial charge in [0.05, 0.1) is 0 Å². The average Bonchev–Trinajstić information content (AvgIpc) is 2.76. The van der Waals surface area contributed by atoms with E-state index in [1.165, 1.54) is 0 Å². The van der Waals surface area contributed by atoms with Crippen LogP contribution in [-0.4, -0.2) is 18.9 Å². The molecule has 0 atom stereocenters. The molecular weight excluding hydrogens is 287 g/mol. The summed E-state index contributed by atoms with van der Waals surface area (Å²) in [6.07, 6.45) is 0.00694. The zero-order valence-corrected chi connectivity index (χ0v) is 9.90. The van der Waals surface area contributed by atoms with E-state index in [1.807, 2.05) is 0 Å². The normalized spacial score (nSPS) is 12.4. The largest absolute Gasteiger partial charge is 0.534 e. The van der Waals surface area contributed by atoms with E-state index >= 15 is 0 Å². The molecule has 9 heteroatoms. The Morgan fingerprint density at radius 2 is 1.79 bits per heavy atom. The van der Waals surface area contributed by atoms with Gasteiger partial charge in [-0.05, 0) is 0 Å². The Balaban J connectivity index is 2.24. The molecule has 0 N–H and O–H groups in total. The molecule has 2 rings (SSSR count). The average molecular weight is 293 g/mol. The number of oxazole rings is 1. The topological polar surface area (TPSA) is 69.4 Å². The Kier molecular flexibility index (Phi) is 3.23. The molecule has 0 spiro atoms. The summed E-state index contributed by atoms with van der Waals surface area (Å²) in [5, 5.41) is 0. The SMILES string of the molecule is O=S(=O)(Oc1nc(-c2ccccc2)co1)C(F)(F)F. The molecule has 1 heterocycles. The molecule has 102 valence electrons. The highest BCUT2D eigenvalue weighted by Gasteiger charge is 2.49. The summed E-state index contributed by atoms with van der Waals surface area (Å²) in [5.74, 6) is 0. The molecular formula is C10H6F3NO4S. The summed E-state index contributed by atoms with van der Waals surface area (Å²) in [6.45, 7) is 0. The number of rotatable bonds is 3.